The van der Waals surface area contributed by atoms with Crippen LogP contribution in [0.5, 0.6) is 0 Å². The number of quaternary nitrogens is 1. The fourth-order valence-corrected chi connectivity index (χ4v) is 11.2. The summed E-state index contributed by atoms with van der Waals surface area (Å²) in [5, 5.41) is 12.5. The minimum absolute atomic E-state index is 0.163. The molecule has 3 nitrogen and oxygen atoms in total. The van der Waals surface area contributed by atoms with Gasteiger partial charge in [-0.05, 0) is 93.5 Å². The van der Waals surface area contributed by atoms with Gasteiger partial charge >= 0.3 is 0 Å². The molecule has 0 bridgehead atoms. The van der Waals surface area contributed by atoms with E-state index in [9.17, 15) is 5.11 Å². The number of allylic oxidation sites excluding steroid dienone is 1. The molecule has 0 aliphatic heterocycles. The van der Waals surface area contributed by atoms with E-state index in [1.165, 1.54) is 51.4 Å². The van der Waals surface area contributed by atoms with Crippen molar-refractivity contribution in [2.45, 2.75) is 124 Å². The zero-order chi connectivity index (χ0) is 28.3. The van der Waals surface area contributed by atoms with Gasteiger partial charge in [0.1, 0.15) is 0 Å². The Morgan fingerprint density at radius 1 is 1.03 bits per heavy atom. The Morgan fingerprint density at radius 3 is 2.29 bits per heavy atom. The van der Waals surface area contributed by atoms with Crippen LogP contribution in [0.2, 0.25) is 0 Å². The molecule has 4 aliphatic rings. The van der Waals surface area contributed by atoms with Gasteiger partial charge in [-0.25, -0.2) is 0 Å². The summed E-state index contributed by atoms with van der Waals surface area (Å²) in [5.41, 5.74) is 1.56. The zero-order valence-corrected chi connectivity index (χ0v) is 27.3. The summed E-state index contributed by atoms with van der Waals surface area (Å²) in [5.74, 6) is 5.33. The van der Waals surface area contributed by atoms with Gasteiger partial charge in [0.05, 0.1) is 33.5 Å². The van der Waals surface area contributed by atoms with Crippen molar-refractivity contribution in [2.24, 2.45) is 52.3 Å². The monoisotopic (exact) mass is 530 g/mol. The van der Waals surface area contributed by atoms with Gasteiger partial charge in [0.25, 0.3) is 0 Å². The number of fused-ring (bicyclic) bond motifs is 5. The zero-order valence-electron chi connectivity index (χ0n) is 27.3. The fraction of sp³-hybridized carbons (Fsp3) is 0.943. The van der Waals surface area contributed by atoms with Crippen molar-refractivity contribution in [1.82, 2.24) is 4.90 Å². The van der Waals surface area contributed by atoms with E-state index in [2.05, 4.69) is 87.8 Å². The van der Waals surface area contributed by atoms with Gasteiger partial charge in [-0.3, -0.25) is 0 Å². The highest BCUT2D eigenvalue weighted by Crippen LogP contribution is 2.69. The summed E-state index contributed by atoms with van der Waals surface area (Å²) in [6.45, 7) is 15.0. The first-order valence-corrected chi connectivity index (χ1v) is 16.5. The molecule has 4 aliphatic carbocycles. The van der Waals surface area contributed by atoms with E-state index in [1.807, 2.05) is 0 Å². The minimum atomic E-state index is -0.712. The lowest BCUT2D eigenvalue weighted by Gasteiger charge is -2.66. The Balaban J connectivity index is 1.67. The fourth-order valence-electron chi connectivity index (χ4n) is 11.2. The van der Waals surface area contributed by atoms with Crippen LogP contribution in [0.15, 0.2) is 11.6 Å². The van der Waals surface area contributed by atoms with Crippen LogP contribution in [0, 0.1) is 52.3 Å². The van der Waals surface area contributed by atoms with Gasteiger partial charge in [0.2, 0.25) is 5.72 Å². The second-order valence-electron chi connectivity index (χ2n) is 16.5. The lowest BCUT2D eigenvalue weighted by molar-refractivity contribution is -0.957. The Bertz CT molecular complexity index is 856. The van der Waals surface area contributed by atoms with Crippen molar-refractivity contribution >= 4 is 0 Å². The first kappa shape index (κ1) is 30.6. The number of hydrogen-bond acceptors (Lipinski definition) is 2. The minimum Gasteiger partial charge on any atom is -0.342 e. The molecule has 3 saturated carbocycles. The SMILES string of the molecule is CCCC1C(N(C)C)[C@@]2(C)C(=CCC3C2CC[C@@]2(C)C3CC[C@@H]2[C@H](C)CCCC(C)C)CC1(O)[N+](C)(C)C. The van der Waals surface area contributed by atoms with Crippen LogP contribution in [0.1, 0.15) is 112 Å². The predicted octanol–water partition coefficient (Wildman–Crippen LogP) is 7.99. The molecule has 0 aromatic carbocycles. The summed E-state index contributed by atoms with van der Waals surface area (Å²) >= 11 is 0. The maximum Gasteiger partial charge on any atom is 0.208 e. The average molecular weight is 530 g/mol. The van der Waals surface area contributed by atoms with Crippen molar-refractivity contribution in [2.75, 3.05) is 35.2 Å². The van der Waals surface area contributed by atoms with E-state index in [0.29, 0.717) is 15.9 Å². The largest absolute Gasteiger partial charge is 0.342 e. The first-order chi connectivity index (χ1) is 17.6. The molecule has 0 spiro atoms. The molecule has 0 heterocycles. The Kier molecular flexibility index (Phi) is 8.68. The smallest absolute Gasteiger partial charge is 0.208 e. The van der Waals surface area contributed by atoms with Crippen molar-refractivity contribution < 1.29 is 9.59 Å². The quantitative estimate of drug-likeness (QED) is 0.186. The van der Waals surface area contributed by atoms with Gasteiger partial charge in [-0.15, -0.1) is 0 Å². The van der Waals surface area contributed by atoms with Gasteiger partial charge in [-0.2, -0.15) is 0 Å². The van der Waals surface area contributed by atoms with Crippen LogP contribution >= 0.6 is 0 Å². The molecule has 0 aromatic rings. The van der Waals surface area contributed by atoms with Crippen LogP contribution in [0.4, 0.5) is 0 Å². The molecule has 0 radical (unpaired) electrons. The van der Waals surface area contributed by atoms with Crippen LogP contribution in [0.3, 0.4) is 0 Å². The maximum atomic E-state index is 12.5. The lowest BCUT2D eigenvalue weighted by atomic mass is 9.43. The third-order valence-corrected chi connectivity index (χ3v) is 13.1. The van der Waals surface area contributed by atoms with E-state index in [4.69, 9.17) is 0 Å². The third-order valence-electron chi connectivity index (χ3n) is 13.1. The standard InChI is InChI=1S/C35H65N2O/c1-12-14-31-32(36(7)8)34(6)26(23-35(31,38)37(9,10)11)17-18-27-29-20-19-28(25(4)16-13-15-24(2)3)33(29,5)22-21-30(27)34/h17,24-25,27-32,38H,12-16,18-23H2,1-11H3/q+1/t25-,27?,28-,29?,30?,31?,32?,33-,34+,35?/m1/s1. The average Bonchev–Trinajstić information content (AvgIpc) is 3.16. The van der Waals surface area contributed by atoms with Gasteiger partial charge in [0, 0.05) is 11.5 Å². The van der Waals surface area contributed by atoms with E-state index >= 15 is 0 Å². The molecule has 0 saturated heterocycles. The maximum absolute atomic E-state index is 12.5. The van der Waals surface area contributed by atoms with E-state index < -0.39 is 5.72 Å². The van der Waals surface area contributed by atoms with Crippen LogP contribution in [-0.2, 0) is 0 Å². The molecule has 0 aromatic heterocycles. The van der Waals surface area contributed by atoms with Gasteiger partial charge in [0.15, 0.2) is 0 Å². The Morgan fingerprint density at radius 2 is 1.71 bits per heavy atom. The number of nitrogens with zero attached hydrogens (tertiary/aromatic N) is 2. The van der Waals surface area contributed by atoms with Gasteiger partial charge in [-0.1, -0.05) is 78.9 Å². The summed E-state index contributed by atoms with van der Waals surface area (Å²) in [6, 6.07) is 0.383. The number of aliphatic hydroxyl groups is 1. The molecule has 3 heteroatoms. The molecular weight excluding hydrogens is 464 g/mol. The highest BCUT2D eigenvalue weighted by molar-refractivity contribution is 5.31. The first-order valence-electron chi connectivity index (χ1n) is 16.5. The van der Waals surface area contributed by atoms with Crippen molar-refractivity contribution in [1.29, 1.82) is 0 Å². The number of rotatable bonds is 9. The summed E-state index contributed by atoms with van der Waals surface area (Å²) < 4.78 is 0.626. The van der Waals surface area contributed by atoms with Crippen molar-refractivity contribution in [3.05, 3.63) is 11.6 Å². The molecular formula is C35H65N2O+. The van der Waals surface area contributed by atoms with Crippen LogP contribution in [0.25, 0.3) is 0 Å². The second kappa shape index (κ2) is 10.8. The van der Waals surface area contributed by atoms with E-state index in [0.717, 1.165) is 54.8 Å². The molecule has 1 N–H and O–H groups in total. The predicted molar refractivity (Wildman–Crippen MR) is 163 cm³/mol. The second-order valence-corrected chi connectivity index (χ2v) is 16.5. The highest BCUT2D eigenvalue weighted by atomic mass is 16.3. The molecule has 0 amide bonds. The molecule has 4 rings (SSSR count). The van der Waals surface area contributed by atoms with Crippen LogP contribution < -0.4 is 0 Å². The van der Waals surface area contributed by atoms with Crippen LogP contribution in [-0.4, -0.2) is 61.5 Å². The highest BCUT2D eigenvalue weighted by Gasteiger charge is 2.67. The summed E-state index contributed by atoms with van der Waals surface area (Å²) in [6.07, 6.45) is 16.9. The normalized spacial score (nSPS) is 44.0. The Labute approximate surface area is 237 Å². The van der Waals surface area contributed by atoms with E-state index in [-0.39, 0.29) is 11.3 Å². The van der Waals surface area contributed by atoms with E-state index in [1.54, 1.807) is 5.57 Å². The van der Waals surface area contributed by atoms with Crippen molar-refractivity contribution in [3.63, 3.8) is 0 Å². The molecule has 3 fully saturated rings. The molecule has 38 heavy (non-hydrogen) atoms. The summed E-state index contributed by atoms with van der Waals surface area (Å²) in [4.78, 5) is 2.53. The topological polar surface area (TPSA) is 23.5 Å². The molecule has 10 atom stereocenters. The van der Waals surface area contributed by atoms with Gasteiger partial charge < -0.3 is 14.5 Å². The lowest BCUT2D eigenvalue weighted by Crippen LogP contribution is -2.72. The molecule has 6 unspecified atom stereocenters. The molecule has 220 valence electrons. The number of hydrogen-bond donors (Lipinski definition) is 1. The van der Waals surface area contributed by atoms with Crippen molar-refractivity contribution in [3.8, 4) is 0 Å². The summed E-state index contributed by atoms with van der Waals surface area (Å²) in [7, 11) is 11.3. The third kappa shape index (κ3) is 4.77. The Hall–Kier alpha value is -0.380.